The Labute approximate surface area is 112 Å². The van der Waals surface area contributed by atoms with Crippen LogP contribution in [0.25, 0.3) is 0 Å². The van der Waals surface area contributed by atoms with E-state index in [0.717, 1.165) is 17.1 Å². The molecule has 5 heteroatoms. The molecule has 4 nitrogen and oxygen atoms in total. The second-order valence-corrected chi connectivity index (χ2v) is 4.55. The predicted molar refractivity (Wildman–Crippen MR) is 74.8 cm³/mol. The number of aromatic nitrogens is 2. The van der Waals surface area contributed by atoms with E-state index in [9.17, 15) is 4.39 Å². The first-order valence-corrected chi connectivity index (χ1v) is 6.07. The summed E-state index contributed by atoms with van der Waals surface area (Å²) in [5, 5.41) is 3.34. The summed E-state index contributed by atoms with van der Waals surface area (Å²) in [7, 11) is 3.95. The molecule has 2 rings (SSSR count). The third-order valence-corrected chi connectivity index (χ3v) is 2.85. The summed E-state index contributed by atoms with van der Waals surface area (Å²) in [6, 6.07) is 5.01. The maximum Gasteiger partial charge on any atom is 0.141 e. The van der Waals surface area contributed by atoms with Crippen molar-refractivity contribution in [1.82, 2.24) is 9.97 Å². The van der Waals surface area contributed by atoms with Crippen molar-refractivity contribution in [3.8, 4) is 0 Å². The Bertz CT molecular complexity index is 539. The summed E-state index contributed by atoms with van der Waals surface area (Å²) in [6.45, 7) is 1.98. The van der Waals surface area contributed by atoms with Crippen molar-refractivity contribution in [2.75, 3.05) is 24.3 Å². The highest BCUT2D eigenvalue weighted by Crippen LogP contribution is 2.26. The summed E-state index contributed by atoms with van der Waals surface area (Å²) in [6.07, 6.45) is 4.75. The van der Waals surface area contributed by atoms with Crippen molar-refractivity contribution in [3.05, 3.63) is 48.3 Å². The molecule has 1 unspecified atom stereocenters. The van der Waals surface area contributed by atoms with E-state index in [1.54, 1.807) is 18.5 Å². The molecular weight excluding hydrogens is 243 g/mol. The van der Waals surface area contributed by atoms with Crippen molar-refractivity contribution in [2.24, 2.45) is 0 Å². The van der Waals surface area contributed by atoms with Crippen LogP contribution in [0.1, 0.15) is 18.7 Å². The number of pyridine rings is 2. The minimum absolute atomic E-state index is 0.0245. The van der Waals surface area contributed by atoms with Gasteiger partial charge in [-0.15, -0.1) is 0 Å². The molecule has 1 N–H and O–H groups in total. The van der Waals surface area contributed by atoms with Gasteiger partial charge in [0, 0.05) is 20.3 Å². The van der Waals surface area contributed by atoms with Crippen LogP contribution >= 0.6 is 0 Å². The SMILES string of the molecule is CC(Nc1cnccc1N(C)C)c1ccc(F)cn1. The van der Waals surface area contributed by atoms with Gasteiger partial charge in [0.15, 0.2) is 0 Å². The predicted octanol–water partition coefficient (Wildman–Crippen LogP) is 2.85. The van der Waals surface area contributed by atoms with Gasteiger partial charge in [0.05, 0.1) is 35.5 Å². The van der Waals surface area contributed by atoms with E-state index in [4.69, 9.17) is 0 Å². The lowest BCUT2D eigenvalue weighted by atomic mass is 10.2. The number of hydrogen-bond donors (Lipinski definition) is 1. The number of nitrogens with zero attached hydrogens (tertiary/aromatic N) is 3. The fourth-order valence-electron chi connectivity index (χ4n) is 1.84. The molecule has 0 amide bonds. The Hall–Kier alpha value is -2.17. The zero-order valence-corrected chi connectivity index (χ0v) is 11.3. The molecule has 0 bridgehead atoms. The first-order valence-electron chi connectivity index (χ1n) is 6.07. The molecular formula is C14H17FN4. The second-order valence-electron chi connectivity index (χ2n) is 4.55. The van der Waals surface area contributed by atoms with Crippen LogP contribution in [0.3, 0.4) is 0 Å². The summed E-state index contributed by atoms with van der Waals surface area (Å²) >= 11 is 0. The van der Waals surface area contributed by atoms with Gasteiger partial charge in [0.25, 0.3) is 0 Å². The van der Waals surface area contributed by atoms with Crippen LogP contribution in [-0.4, -0.2) is 24.1 Å². The van der Waals surface area contributed by atoms with Gasteiger partial charge in [-0.05, 0) is 25.1 Å². The van der Waals surface area contributed by atoms with Crippen LogP contribution in [0.2, 0.25) is 0 Å². The highest BCUT2D eigenvalue weighted by atomic mass is 19.1. The Morgan fingerprint density at radius 1 is 1.21 bits per heavy atom. The lowest BCUT2D eigenvalue weighted by Gasteiger charge is -2.21. The molecule has 0 spiro atoms. The summed E-state index contributed by atoms with van der Waals surface area (Å²) in [5.41, 5.74) is 2.75. The maximum absolute atomic E-state index is 12.8. The van der Waals surface area contributed by atoms with Crippen molar-refractivity contribution >= 4 is 11.4 Å². The Morgan fingerprint density at radius 2 is 2.00 bits per heavy atom. The average Bonchev–Trinajstić information content (AvgIpc) is 2.39. The fraction of sp³-hybridized carbons (Fsp3) is 0.286. The van der Waals surface area contributed by atoms with Crippen molar-refractivity contribution in [2.45, 2.75) is 13.0 Å². The average molecular weight is 260 g/mol. The molecule has 100 valence electrons. The molecule has 0 aromatic carbocycles. The zero-order chi connectivity index (χ0) is 13.8. The topological polar surface area (TPSA) is 41.1 Å². The monoisotopic (exact) mass is 260 g/mol. The van der Waals surface area contributed by atoms with E-state index in [-0.39, 0.29) is 11.9 Å². The van der Waals surface area contributed by atoms with Crippen LogP contribution in [0.5, 0.6) is 0 Å². The molecule has 0 radical (unpaired) electrons. The lowest BCUT2D eigenvalue weighted by molar-refractivity contribution is 0.617. The number of hydrogen-bond acceptors (Lipinski definition) is 4. The zero-order valence-electron chi connectivity index (χ0n) is 11.3. The van der Waals surface area contributed by atoms with Crippen LogP contribution in [-0.2, 0) is 0 Å². The molecule has 2 aromatic rings. The second kappa shape index (κ2) is 5.65. The first kappa shape index (κ1) is 13.3. The largest absolute Gasteiger partial charge is 0.376 e. The Balaban J connectivity index is 2.19. The molecule has 1 atom stereocenters. The van der Waals surface area contributed by atoms with Gasteiger partial charge in [0.1, 0.15) is 5.82 Å². The van der Waals surface area contributed by atoms with Gasteiger partial charge in [-0.3, -0.25) is 9.97 Å². The van der Waals surface area contributed by atoms with E-state index in [1.807, 2.05) is 32.0 Å². The summed E-state index contributed by atoms with van der Waals surface area (Å²) in [4.78, 5) is 10.2. The third-order valence-electron chi connectivity index (χ3n) is 2.85. The fourth-order valence-corrected chi connectivity index (χ4v) is 1.84. The standard InChI is InChI=1S/C14H17FN4/c1-10(12-5-4-11(15)8-17-12)18-13-9-16-7-6-14(13)19(2)3/h4-10,18H,1-3H3. The van der Waals surface area contributed by atoms with Gasteiger partial charge < -0.3 is 10.2 Å². The Morgan fingerprint density at radius 3 is 2.63 bits per heavy atom. The molecule has 0 saturated heterocycles. The number of nitrogens with one attached hydrogen (secondary N) is 1. The van der Waals surface area contributed by atoms with Crippen molar-refractivity contribution in [3.63, 3.8) is 0 Å². The molecule has 2 heterocycles. The van der Waals surface area contributed by atoms with Crippen LogP contribution in [0.4, 0.5) is 15.8 Å². The molecule has 0 saturated carbocycles. The van der Waals surface area contributed by atoms with Crippen molar-refractivity contribution in [1.29, 1.82) is 0 Å². The van der Waals surface area contributed by atoms with Crippen molar-refractivity contribution < 1.29 is 4.39 Å². The van der Waals surface area contributed by atoms with E-state index in [0.29, 0.717) is 0 Å². The third kappa shape index (κ3) is 3.19. The summed E-state index contributed by atoms with van der Waals surface area (Å²) < 4.78 is 12.8. The molecule has 0 aliphatic heterocycles. The lowest BCUT2D eigenvalue weighted by Crippen LogP contribution is -2.15. The molecule has 0 aliphatic carbocycles. The highest BCUT2D eigenvalue weighted by Gasteiger charge is 2.10. The molecule has 2 aromatic heterocycles. The molecule has 19 heavy (non-hydrogen) atoms. The van der Waals surface area contributed by atoms with Gasteiger partial charge in [-0.25, -0.2) is 4.39 Å². The maximum atomic E-state index is 12.8. The minimum atomic E-state index is -0.327. The number of anilines is 2. The normalized spacial score (nSPS) is 12.0. The van der Waals surface area contributed by atoms with Gasteiger partial charge in [0.2, 0.25) is 0 Å². The van der Waals surface area contributed by atoms with Gasteiger partial charge in [-0.1, -0.05) is 0 Å². The Kier molecular flexibility index (Phi) is 3.94. The van der Waals surface area contributed by atoms with E-state index < -0.39 is 0 Å². The number of halogens is 1. The van der Waals surface area contributed by atoms with Crippen LogP contribution in [0.15, 0.2) is 36.8 Å². The first-order chi connectivity index (χ1) is 9.08. The van der Waals surface area contributed by atoms with E-state index >= 15 is 0 Å². The van der Waals surface area contributed by atoms with E-state index in [1.165, 1.54) is 12.3 Å². The van der Waals surface area contributed by atoms with E-state index in [2.05, 4.69) is 15.3 Å². The van der Waals surface area contributed by atoms with Gasteiger partial charge >= 0.3 is 0 Å². The van der Waals surface area contributed by atoms with Gasteiger partial charge in [-0.2, -0.15) is 0 Å². The number of rotatable bonds is 4. The molecule has 0 fully saturated rings. The van der Waals surface area contributed by atoms with Crippen LogP contribution in [0, 0.1) is 5.82 Å². The highest BCUT2D eigenvalue weighted by molar-refractivity contribution is 5.68. The molecule has 0 aliphatic rings. The quantitative estimate of drug-likeness (QED) is 0.917. The van der Waals surface area contributed by atoms with Crippen LogP contribution < -0.4 is 10.2 Å². The summed E-state index contributed by atoms with van der Waals surface area (Å²) in [5.74, 6) is -0.327. The smallest absolute Gasteiger partial charge is 0.141 e. The minimum Gasteiger partial charge on any atom is -0.376 e.